The predicted molar refractivity (Wildman–Crippen MR) is 63.8 cm³/mol. The van der Waals surface area contributed by atoms with Crippen LogP contribution in [0.5, 0.6) is 0 Å². The van der Waals surface area contributed by atoms with Gasteiger partial charge in [-0.15, -0.1) is 22.7 Å². The molecule has 2 aromatic rings. The van der Waals surface area contributed by atoms with Gasteiger partial charge in [0.05, 0.1) is 0 Å². The van der Waals surface area contributed by atoms with E-state index in [0.717, 1.165) is 13.1 Å². The fourth-order valence-electron chi connectivity index (χ4n) is 1.39. The maximum absolute atomic E-state index is 2.34. The van der Waals surface area contributed by atoms with Gasteiger partial charge in [0.1, 0.15) is 0 Å². The van der Waals surface area contributed by atoms with Gasteiger partial charge in [-0.3, -0.25) is 4.90 Å². The lowest BCUT2D eigenvalue weighted by Crippen LogP contribution is -2.15. The summed E-state index contributed by atoms with van der Waals surface area (Å²) in [4.78, 5) is 5.21. The van der Waals surface area contributed by atoms with E-state index in [4.69, 9.17) is 0 Å². The van der Waals surface area contributed by atoms with Gasteiger partial charge in [-0.25, -0.2) is 0 Å². The van der Waals surface area contributed by atoms with Crippen LogP contribution in [0.3, 0.4) is 0 Å². The van der Waals surface area contributed by atoms with Gasteiger partial charge in [0.2, 0.25) is 0 Å². The summed E-state index contributed by atoms with van der Waals surface area (Å²) in [5.41, 5.74) is 0. The fraction of sp³-hybridized carbons (Fsp3) is 0.273. The largest absolute Gasteiger partial charge is 0.296 e. The van der Waals surface area contributed by atoms with Crippen molar-refractivity contribution in [3.63, 3.8) is 0 Å². The standard InChI is InChI=1S/C11H13NS2/c1-12(8-10-4-2-6-13-10)9-11-5-3-7-14-11/h2-7H,8-9H2,1H3. The van der Waals surface area contributed by atoms with E-state index in [1.54, 1.807) is 0 Å². The molecule has 0 unspecified atom stereocenters. The first-order valence-corrected chi connectivity index (χ1v) is 6.34. The van der Waals surface area contributed by atoms with Crippen molar-refractivity contribution < 1.29 is 0 Å². The van der Waals surface area contributed by atoms with Crippen LogP contribution in [0.4, 0.5) is 0 Å². The van der Waals surface area contributed by atoms with Gasteiger partial charge in [-0.2, -0.15) is 0 Å². The monoisotopic (exact) mass is 223 g/mol. The van der Waals surface area contributed by atoms with Crippen molar-refractivity contribution in [2.75, 3.05) is 7.05 Å². The molecule has 0 spiro atoms. The van der Waals surface area contributed by atoms with Crippen molar-refractivity contribution in [2.24, 2.45) is 0 Å². The Morgan fingerprint density at radius 2 is 1.50 bits per heavy atom. The Morgan fingerprint density at radius 1 is 1.00 bits per heavy atom. The molecule has 0 saturated carbocycles. The first-order valence-electron chi connectivity index (χ1n) is 4.58. The fourth-order valence-corrected chi connectivity index (χ4v) is 2.96. The second-order valence-electron chi connectivity index (χ2n) is 3.33. The molecule has 0 amide bonds. The summed E-state index contributed by atoms with van der Waals surface area (Å²) in [6.45, 7) is 2.10. The molecule has 2 heterocycles. The molecule has 0 saturated heterocycles. The summed E-state index contributed by atoms with van der Waals surface area (Å²) >= 11 is 3.65. The molecule has 2 rings (SSSR count). The highest BCUT2D eigenvalue weighted by Crippen LogP contribution is 2.15. The molecule has 0 radical (unpaired) electrons. The van der Waals surface area contributed by atoms with Crippen LogP contribution in [0, 0.1) is 0 Å². The quantitative estimate of drug-likeness (QED) is 0.767. The average molecular weight is 223 g/mol. The van der Waals surface area contributed by atoms with Gasteiger partial charge < -0.3 is 0 Å². The van der Waals surface area contributed by atoms with Gasteiger partial charge in [-0.1, -0.05) is 12.1 Å². The first-order chi connectivity index (χ1) is 6.84. The topological polar surface area (TPSA) is 3.24 Å². The number of hydrogen-bond donors (Lipinski definition) is 0. The Balaban J connectivity index is 1.88. The lowest BCUT2D eigenvalue weighted by molar-refractivity contribution is 0.325. The summed E-state index contributed by atoms with van der Waals surface area (Å²) in [5.74, 6) is 0. The summed E-state index contributed by atoms with van der Waals surface area (Å²) in [7, 11) is 2.17. The summed E-state index contributed by atoms with van der Waals surface area (Å²) < 4.78 is 0. The average Bonchev–Trinajstić information content (AvgIpc) is 2.76. The minimum atomic E-state index is 1.05. The highest BCUT2D eigenvalue weighted by atomic mass is 32.1. The van der Waals surface area contributed by atoms with Gasteiger partial charge >= 0.3 is 0 Å². The van der Waals surface area contributed by atoms with Crippen LogP contribution < -0.4 is 0 Å². The lowest BCUT2D eigenvalue weighted by Gasteiger charge is -2.13. The van der Waals surface area contributed by atoms with Crippen LogP contribution in [-0.4, -0.2) is 11.9 Å². The van der Waals surface area contributed by atoms with Gasteiger partial charge in [0, 0.05) is 22.8 Å². The minimum Gasteiger partial charge on any atom is -0.296 e. The molecular formula is C11H13NS2. The van der Waals surface area contributed by atoms with Crippen molar-refractivity contribution in [1.29, 1.82) is 0 Å². The number of rotatable bonds is 4. The zero-order chi connectivity index (χ0) is 9.80. The minimum absolute atomic E-state index is 1.05. The molecule has 0 aliphatic heterocycles. The highest BCUT2D eigenvalue weighted by molar-refractivity contribution is 7.10. The number of thiophene rings is 2. The van der Waals surface area contributed by atoms with E-state index in [9.17, 15) is 0 Å². The molecule has 0 aliphatic carbocycles. The lowest BCUT2D eigenvalue weighted by atomic mass is 10.4. The van der Waals surface area contributed by atoms with E-state index in [-0.39, 0.29) is 0 Å². The summed E-state index contributed by atoms with van der Waals surface area (Å²) in [5, 5.41) is 4.27. The second kappa shape index (κ2) is 4.73. The zero-order valence-corrected chi connectivity index (χ0v) is 9.78. The van der Waals surface area contributed by atoms with Crippen LogP contribution in [0.2, 0.25) is 0 Å². The van der Waals surface area contributed by atoms with Crippen LogP contribution in [-0.2, 0) is 13.1 Å². The van der Waals surface area contributed by atoms with Gasteiger partial charge in [0.25, 0.3) is 0 Å². The Hall–Kier alpha value is -0.640. The van der Waals surface area contributed by atoms with Crippen LogP contribution in [0.15, 0.2) is 35.0 Å². The molecule has 0 bridgehead atoms. The molecule has 14 heavy (non-hydrogen) atoms. The van der Waals surface area contributed by atoms with Crippen molar-refractivity contribution in [2.45, 2.75) is 13.1 Å². The van der Waals surface area contributed by atoms with Crippen molar-refractivity contribution in [1.82, 2.24) is 4.90 Å². The van der Waals surface area contributed by atoms with Crippen LogP contribution in [0.1, 0.15) is 9.75 Å². The Kier molecular flexibility index (Phi) is 3.35. The predicted octanol–water partition coefficient (Wildman–Crippen LogP) is 3.44. The van der Waals surface area contributed by atoms with Crippen molar-refractivity contribution in [3.05, 3.63) is 44.8 Å². The van der Waals surface area contributed by atoms with E-state index in [1.165, 1.54) is 9.75 Å². The molecule has 2 aromatic heterocycles. The van der Waals surface area contributed by atoms with E-state index in [0.29, 0.717) is 0 Å². The highest BCUT2D eigenvalue weighted by Gasteiger charge is 2.02. The van der Waals surface area contributed by atoms with Gasteiger partial charge in [0.15, 0.2) is 0 Å². The third-order valence-electron chi connectivity index (χ3n) is 2.01. The number of nitrogens with zero attached hydrogens (tertiary/aromatic N) is 1. The molecule has 0 fully saturated rings. The Morgan fingerprint density at radius 3 is 1.86 bits per heavy atom. The molecule has 0 N–H and O–H groups in total. The maximum atomic E-state index is 2.34. The molecule has 3 heteroatoms. The molecule has 0 aromatic carbocycles. The summed E-state index contributed by atoms with van der Waals surface area (Å²) in [6.07, 6.45) is 0. The van der Waals surface area contributed by atoms with Gasteiger partial charge in [-0.05, 0) is 29.9 Å². The number of hydrogen-bond acceptors (Lipinski definition) is 3. The molecule has 0 aliphatic rings. The molecule has 74 valence electrons. The van der Waals surface area contributed by atoms with Crippen molar-refractivity contribution >= 4 is 22.7 Å². The van der Waals surface area contributed by atoms with Crippen LogP contribution in [0.25, 0.3) is 0 Å². The summed E-state index contributed by atoms with van der Waals surface area (Å²) in [6, 6.07) is 8.60. The van der Waals surface area contributed by atoms with Crippen LogP contribution >= 0.6 is 22.7 Å². The zero-order valence-electron chi connectivity index (χ0n) is 8.14. The Labute approximate surface area is 92.6 Å². The maximum Gasteiger partial charge on any atom is 0.0328 e. The van der Waals surface area contributed by atoms with E-state index in [2.05, 4.69) is 47.0 Å². The van der Waals surface area contributed by atoms with E-state index < -0.39 is 0 Å². The van der Waals surface area contributed by atoms with E-state index in [1.807, 2.05) is 22.7 Å². The Bertz CT molecular complexity index is 314. The first kappa shape index (κ1) is 9.90. The third kappa shape index (κ3) is 2.67. The van der Waals surface area contributed by atoms with Crippen molar-refractivity contribution in [3.8, 4) is 0 Å². The molecule has 0 atom stereocenters. The normalized spacial score (nSPS) is 11.0. The SMILES string of the molecule is CN(Cc1cccs1)Cc1cccs1. The second-order valence-corrected chi connectivity index (χ2v) is 5.40. The third-order valence-corrected chi connectivity index (χ3v) is 3.73. The smallest absolute Gasteiger partial charge is 0.0328 e. The molecular weight excluding hydrogens is 210 g/mol. The molecule has 1 nitrogen and oxygen atoms in total. The van der Waals surface area contributed by atoms with E-state index >= 15 is 0 Å².